The molecule has 7 heteroatoms. The van der Waals surface area contributed by atoms with Gasteiger partial charge in [0.05, 0.1) is 5.56 Å². The Hall–Kier alpha value is -2.15. The van der Waals surface area contributed by atoms with Crippen molar-refractivity contribution in [1.29, 1.82) is 0 Å². The van der Waals surface area contributed by atoms with Gasteiger partial charge in [0.25, 0.3) is 11.8 Å². The third kappa shape index (κ3) is 4.40. The number of carbonyl (C=O) groups is 2. The smallest absolute Gasteiger partial charge is 0.276 e. The van der Waals surface area contributed by atoms with Crippen LogP contribution in [0, 0.1) is 6.92 Å². The molecule has 2 heterocycles. The van der Waals surface area contributed by atoms with Crippen molar-refractivity contribution in [1.82, 2.24) is 15.1 Å². The van der Waals surface area contributed by atoms with Crippen molar-refractivity contribution in [2.75, 3.05) is 5.32 Å². The largest absolute Gasteiger partial charge is 0.349 e. The first-order chi connectivity index (χ1) is 13.0. The van der Waals surface area contributed by atoms with Gasteiger partial charge in [0.1, 0.15) is 5.00 Å². The summed E-state index contributed by atoms with van der Waals surface area (Å²) >= 11 is 1.46. The quantitative estimate of drug-likeness (QED) is 0.780. The molecule has 0 radical (unpaired) electrons. The van der Waals surface area contributed by atoms with Gasteiger partial charge < -0.3 is 10.6 Å². The van der Waals surface area contributed by atoms with Gasteiger partial charge in [-0.2, -0.15) is 5.10 Å². The van der Waals surface area contributed by atoms with Crippen LogP contribution < -0.4 is 10.6 Å². The Morgan fingerprint density at radius 3 is 2.59 bits per heavy atom. The number of carbonyl (C=O) groups excluding carboxylic acids is 2. The highest BCUT2D eigenvalue weighted by Crippen LogP contribution is 2.34. The molecule has 2 aromatic rings. The van der Waals surface area contributed by atoms with Gasteiger partial charge in [-0.25, -0.2) is 0 Å². The first-order valence-electron chi connectivity index (χ1n) is 9.81. The van der Waals surface area contributed by atoms with Gasteiger partial charge in [0, 0.05) is 23.7 Å². The highest BCUT2D eigenvalue weighted by Gasteiger charge is 2.25. The van der Waals surface area contributed by atoms with Gasteiger partial charge in [-0.1, -0.05) is 26.2 Å². The molecule has 1 aliphatic carbocycles. The fraction of sp³-hybridized carbons (Fsp3) is 0.550. The van der Waals surface area contributed by atoms with Crippen LogP contribution in [0.4, 0.5) is 5.00 Å². The molecule has 3 rings (SSSR count). The second-order valence-electron chi connectivity index (χ2n) is 7.01. The van der Waals surface area contributed by atoms with Crippen molar-refractivity contribution in [2.24, 2.45) is 0 Å². The average Bonchev–Trinajstić information content (AvgIpc) is 3.26. The van der Waals surface area contributed by atoms with Crippen LogP contribution in [0.1, 0.15) is 77.2 Å². The normalized spacial score (nSPS) is 14.9. The molecule has 6 nitrogen and oxygen atoms in total. The molecule has 27 heavy (non-hydrogen) atoms. The van der Waals surface area contributed by atoms with E-state index in [-0.39, 0.29) is 17.9 Å². The molecule has 1 saturated carbocycles. The molecule has 2 aromatic heterocycles. The van der Waals surface area contributed by atoms with E-state index in [1.165, 1.54) is 17.8 Å². The number of amides is 2. The van der Waals surface area contributed by atoms with Gasteiger partial charge in [-0.3, -0.25) is 14.3 Å². The third-order valence-corrected chi connectivity index (χ3v) is 6.22. The molecule has 2 N–H and O–H groups in total. The summed E-state index contributed by atoms with van der Waals surface area (Å²) in [6.45, 7) is 6.72. The number of thiophene rings is 1. The molecule has 0 atom stereocenters. The lowest BCUT2D eigenvalue weighted by molar-refractivity contribution is 0.0928. The number of aryl methyl sites for hydroxylation is 2. The molecule has 2 amide bonds. The Balaban J connectivity index is 1.82. The summed E-state index contributed by atoms with van der Waals surface area (Å²) in [7, 11) is 0. The molecule has 146 valence electrons. The maximum atomic E-state index is 13.0. The van der Waals surface area contributed by atoms with E-state index in [1.54, 1.807) is 16.9 Å². The van der Waals surface area contributed by atoms with E-state index in [9.17, 15) is 9.59 Å². The van der Waals surface area contributed by atoms with Gasteiger partial charge in [-0.05, 0) is 44.7 Å². The first-order valence-corrected chi connectivity index (χ1v) is 10.6. The second-order valence-corrected chi connectivity index (χ2v) is 8.24. The second kappa shape index (κ2) is 8.69. The summed E-state index contributed by atoms with van der Waals surface area (Å²) in [4.78, 5) is 26.7. The van der Waals surface area contributed by atoms with Crippen LogP contribution >= 0.6 is 11.3 Å². The lowest BCUT2D eigenvalue weighted by atomic mass is 9.95. The van der Waals surface area contributed by atoms with E-state index >= 15 is 0 Å². The molecule has 0 aliphatic heterocycles. The SMILES string of the molecule is CCc1c(C)sc(NC(=O)c2ccn(CC)n2)c1C(=O)NC1CCCCC1. The highest BCUT2D eigenvalue weighted by molar-refractivity contribution is 7.16. The van der Waals surface area contributed by atoms with Crippen molar-refractivity contribution in [3.63, 3.8) is 0 Å². The summed E-state index contributed by atoms with van der Waals surface area (Å²) in [5.41, 5.74) is 2.00. The van der Waals surface area contributed by atoms with E-state index in [0.29, 0.717) is 22.8 Å². The van der Waals surface area contributed by atoms with Gasteiger partial charge in [-0.15, -0.1) is 11.3 Å². The van der Waals surface area contributed by atoms with Crippen LogP contribution in [-0.4, -0.2) is 27.6 Å². The molecule has 0 aromatic carbocycles. The lowest BCUT2D eigenvalue weighted by Crippen LogP contribution is -2.36. The standard InChI is InChI=1S/C20H28N4O2S/c1-4-15-13(3)27-20(22-18(25)16-11-12-24(5-2)23-16)17(15)19(26)21-14-9-7-6-8-10-14/h11-12,14H,4-10H2,1-3H3,(H,21,26)(H,22,25). The molecule has 1 aliphatic rings. The maximum absolute atomic E-state index is 13.0. The van der Waals surface area contributed by atoms with E-state index in [2.05, 4.69) is 15.7 Å². The van der Waals surface area contributed by atoms with Crippen molar-refractivity contribution < 1.29 is 9.59 Å². The fourth-order valence-corrected chi connectivity index (χ4v) is 4.80. The molecular weight excluding hydrogens is 360 g/mol. The van der Waals surface area contributed by atoms with E-state index < -0.39 is 0 Å². The zero-order valence-electron chi connectivity index (χ0n) is 16.3. The van der Waals surface area contributed by atoms with Crippen molar-refractivity contribution in [3.05, 3.63) is 34.0 Å². The third-order valence-electron chi connectivity index (χ3n) is 5.15. The first kappa shape index (κ1) is 19.6. The predicted molar refractivity (Wildman–Crippen MR) is 109 cm³/mol. The zero-order chi connectivity index (χ0) is 19.4. The number of nitrogens with zero attached hydrogens (tertiary/aromatic N) is 2. The molecule has 1 fully saturated rings. The van der Waals surface area contributed by atoms with Crippen LogP contribution in [0.5, 0.6) is 0 Å². The average molecular weight is 389 g/mol. The Labute approximate surface area is 164 Å². The number of hydrogen-bond donors (Lipinski definition) is 2. The molecule has 0 unspecified atom stereocenters. The van der Waals surface area contributed by atoms with Gasteiger partial charge in [0.15, 0.2) is 5.69 Å². The summed E-state index contributed by atoms with van der Waals surface area (Å²) in [5.74, 6) is -0.352. The number of hydrogen-bond acceptors (Lipinski definition) is 4. The Morgan fingerprint density at radius 2 is 1.96 bits per heavy atom. The van der Waals surface area contributed by atoms with E-state index in [0.717, 1.165) is 42.5 Å². The monoisotopic (exact) mass is 388 g/mol. The minimum absolute atomic E-state index is 0.0718. The zero-order valence-corrected chi connectivity index (χ0v) is 17.1. The number of rotatable bonds is 6. The van der Waals surface area contributed by atoms with Crippen LogP contribution in [0.2, 0.25) is 0 Å². The van der Waals surface area contributed by atoms with Crippen molar-refractivity contribution >= 4 is 28.2 Å². The number of nitrogens with one attached hydrogen (secondary N) is 2. The minimum atomic E-state index is -0.280. The minimum Gasteiger partial charge on any atom is -0.349 e. The molecule has 0 spiro atoms. The van der Waals surface area contributed by atoms with Crippen LogP contribution in [-0.2, 0) is 13.0 Å². The number of anilines is 1. The van der Waals surface area contributed by atoms with E-state index in [4.69, 9.17) is 0 Å². The molecular formula is C20H28N4O2S. The maximum Gasteiger partial charge on any atom is 0.276 e. The Bertz CT molecular complexity index is 818. The summed E-state index contributed by atoms with van der Waals surface area (Å²) in [6.07, 6.45) is 8.18. The van der Waals surface area contributed by atoms with E-state index in [1.807, 2.05) is 20.8 Å². The lowest BCUT2D eigenvalue weighted by Gasteiger charge is -2.23. The fourth-order valence-electron chi connectivity index (χ4n) is 3.66. The van der Waals surface area contributed by atoms with Crippen LogP contribution in [0.15, 0.2) is 12.3 Å². The summed E-state index contributed by atoms with van der Waals surface area (Å²) in [6, 6.07) is 1.93. The van der Waals surface area contributed by atoms with Crippen LogP contribution in [0.25, 0.3) is 0 Å². The molecule has 0 bridgehead atoms. The topological polar surface area (TPSA) is 76.0 Å². The van der Waals surface area contributed by atoms with Gasteiger partial charge >= 0.3 is 0 Å². The number of aromatic nitrogens is 2. The highest BCUT2D eigenvalue weighted by atomic mass is 32.1. The van der Waals surface area contributed by atoms with Crippen molar-refractivity contribution in [2.45, 2.75) is 71.9 Å². The summed E-state index contributed by atoms with van der Waals surface area (Å²) < 4.78 is 1.71. The van der Waals surface area contributed by atoms with Gasteiger partial charge in [0.2, 0.25) is 0 Å². The summed E-state index contributed by atoms with van der Waals surface area (Å²) in [5, 5.41) is 11.0. The molecule has 0 saturated heterocycles. The Kier molecular flexibility index (Phi) is 6.31. The Morgan fingerprint density at radius 1 is 1.22 bits per heavy atom. The van der Waals surface area contributed by atoms with Crippen molar-refractivity contribution in [3.8, 4) is 0 Å². The van der Waals surface area contributed by atoms with Crippen LogP contribution in [0.3, 0.4) is 0 Å². The predicted octanol–water partition coefficient (Wildman–Crippen LogP) is 4.15.